The lowest BCUT2D eigenvalue weighted by Gasteiger charge is -2.14. The van der Waals surface area contributed by atoms with Crippen LogP contribution < -0.4 is 5.32 Å². The Balaban J connectivity index is 1.44. The van der Waals surface area contributed by atoms with Crippen LogP contribution in [0.1, 0.15) is 21.6 Å². The van der Waals surface area contributed by atoms with Gasteiger partial charge in [-0.25, -0.2) is 15.0 Å². The summed E-state index contributed by atoms with van der Waals surface area (Å²) in [7, 11) is 0. The Hall–Kier alpha value is -4.68. The first-order valence-electron chi connectivity index (χ1n) is 9.81. The second-order valence-electron chi connectivity index (χ2n) is 7.18. The molecule has 5 aromatic rings. The number of hydrogen-bond donors (Lipinski definition) is 2. The van der Waals surface area contributed by atoms with Crippen molar-refractivity contribution in [2.75, 3.05) is 5.32 Å². The van der Waals surface area contributed by atoms with Crippen LogP contribution in [0.2, 0.25) is 0 Å². The molecule has 10 nitrogen and oxygen atoms in total. The third-order valence-electron chi connectivity index (χ3n) is 4.98. The SMILES string of the molecule is Cc1nc(-c2cncc3[nH]ccc23)ncc1C(=O)Nc1cnc(-n2nccn2)c(C(F)(F)F)c1. The third-order valence-corrected chi connectivity index (χ3v) is 4.98. The first kappa shape index (κ1) is 21.2. The van der Waals surface area contributed by atoms with Gasteiger partial charge in [0.15, 0.2) is 11.6 Å². The van der Waals surface area contributed by atoms with E-state index in [1.165, 1.54) is 18.6 Å². The fourth-order valence-corrected chi connectivity index (χ4v) is 3.40. The van der Waals surface area contributed by atoms with E-state index < -0.39 is 23.5 Å². The molecule has 34 heavy (non-hydrogen) atoms. The van der Waals surface area contributed by atoms with Gasteiger partial charge in [0.25, 0.3) is 5.91 Å². The van der Waals surface area contributed by atoms with E-state index in [1.54, 1.807) is 25.5 Å². The van der Waals surface area contributed by atoms with E-state index in [0.717, 1.165) is 28.0 Å². The number of rotatable bonds is 4. The highest BCUT2D eigenvalue weighted by Crippen LogP contribution is 2.34. The summed E-state index contributed by atoms with van der Waals surface area (Å²) in [6.07, 6.45) is 5.18. The van der Waals surface area contributed by atoms with E-state index in [9.17, 15) is 18.0 Å². The first-order valence-corrected chi connectivity index (χ1v) is 9.81. The average molecular weight is 465 g/mol. The molecule has 5 heterocycles. The Kier molecular flexibility index (Phi) is 5.00. The molecule has 0 atom stereocenters. The number of aromatic amines is 1. The third kappa shape index (κ3) is 3.83. The molecule has 0 spiro atoms. The van der Waals surface area contributed by atoms with Crippen LogP contribution in [0.4, 0.5) is 18.9 Å². The van der Waals surface area contributed by atoms with Crippen molar-refractivity contribution in [3.63, 3.8) is 0 Å². The summed E-state index contributed by atoms with van der Waals surface area (Å²) >= 11 is 0. The van der Waals surface area contributed by atoms with Crippen molar-refractivity contribution in [3.8, 4) is 17.2 Å². The lowest BCUT2D eigenvalue weighted by molar-refractivity contribution is -0.137. The number of carbonyl (C=O) groups is 1. The molecule has 0 aliphatic carbocycles. The molecule has 0 aliphatic rings. The van der Waals surface area contributed by atoms with Gasteiger partial charge in [-0.05, 0) is 19.1 Å². The molecule has 0 bridgehead atoms. The largest absolute Gasteiger partial charge is 0.420 e. The van der Waals surface area contributed by atoms with E-state index in [4.69, 9.17) is 0 Å². The van der Waals surface area contributed by atoms with Gasteiger partial charge in [-0.2, -0.15) is 23.4 Å². The summed E-state index contributed by atoms with van der Waals surface area (Å²) in [5.41, 5.74) is 0.675. The lowest BCUT2D eigenvalue weighted by Crippen LogP contribution is -2.18. The normalized spacial score (nSPS) is 11.6. The fourth-order valence-electron chi connectivity index (χ4n) is 3.40. The molecule has 0 aliphatic heterocycles. The molecule has 2 N–H and O–H groups in total. The van der Waals surface area contributed by atoms with Crippen molar-refractivity contribution in [2.24, 2.45) is 0 Å². The molecule has 13 heteroatoms. The van der Waals surface area contributed by atoms with Crippen LogP contribution in [-0.2, 0) is 6.18 Å². The van der Waals surface area contributed by atoms with Crippen molar-refractivity contribution >= 4 is 22.5 Å². The summed E-state index contributed by atoms with van der Waals surface area (Å²) in [6, 6.07) is 2.63. The number of anilines is 1. The van der Waals surface area contributed by atoms with Crippen LogP contribution in [0.5, 0.6) is 0 Å². The van der Waals surface area contributed by atoms with Gasteiger partial charge < -0.3 is 10.3 Å². The van der Waals surface area contributed by atoms with Crippen LogP contribution >= 0.6 is 0 Å². The van der Waals surface area contributed by atoms with Gasteiger partial charge in [0, 0.05) is 29.5 Å². The lowest BCUT2D eigenvalue weighted by atomic mass is 10.1. The van der Waals surface area contributed by atoms with E-state index in [0.29, 0.717) is 17.1 Å². The van der Waals surface area contributed by atoms with E-state index in [2.05, 4.69) is 40.4 Å². The van der Waals surface area contributed by atoms with Gasteiger partial charge in [0.05, 0.1) is 47.2 Å². The molecular weight excluding hydrogens is 451 g/mol. The predicted molar refractivity (Wildman–Crippen MR) is 114 cm³/mol. The number of H-pyrrole nitrogens is 1. The highest BCUT2D eigenvalue weighted by Gasteiger charge is 2.36. The number of hydrogen-bond acceptors (Lipinski definition) is 7. The molecule has 170 valence electrons. The molecular formula is C21H14F3N9O. The van der Waals surface area contributed by atoms with Crippen LogP contribution in [-0.4, -0.2) is 45.8 Å². The standard InChI is InChI=1S/C21H14F3N9O/c1-11-14(9-27-18(31-11)15-8-25-10-17-13(15)2-3-26-17)20(34)32-12-6-16(21(22,23)24)19(28-7-12)33-29-4-5-30-33/h2-10,26H,1H3,(H,32,34). The highest BCUT2D eigenvalue weighted by atomic mass is 19.4. The average Bonchev–Trinajstić information content (AvgIpc) is 3.50. The Morgan fingerprint density at radius 2 is 1.88 bits per heavy atom. The molecule has 5 rings (SSSR count). The van der Waals surface area contributed by atoms with Crippen LogP contribution in [0.15, 0.2) is 55.5 Å². The number of alkyl halides is 3. The van der Waals surface area contributed by atoms with Gasteiger partial charge >= 0.3 is 6.18 Å². The van der Waals surface area contributed by atoms with E-state index >= 15 is 0 Å². The highest BCUT2D eigenvalue weighted by molar-refractivity contribution is 6.05. The monoisotopic (exact) mass is 465 g/mol. The maximum atomic E-state index is 13.6. The van der Waals surface area contributed by atoms with Gasteiger partial charge in [-0.15, -0.1) is 4.80 Å². The molecule has 1 amide bonds. The smallest absolute Gasteiger partial charge is 0.360 e. The van der Waals surface area contributed by atoms with Crippen LogP contribution in [0.3, 0.4) is 0 Å². The maximum absolute atomic E-state index is 13.6. The summed E-state index contributed by atoms with van der Waals surface area (Å²) in [5, 5.41) is 10.7. The minimum absolute atomic E-state index is 0.101. The zero-order chi connectivity index (χ0) is 23.9. The number of fused-ring (bicyclic) bond motifs is 1. The number of nitrogens with one attached hydrogen (secondary N) is 2. The van der Waals surface area contributed by atoms with Crippen molar-refractivity contribution in [2.45, 2.75) is 13.1 Å². The molecule has 5 aromatic heterocycles. The predicted octanol–water partition coefficient (Wildman–Crippen LogP) is 3.58. The number of aryl methyl sites for hydroxylation is 1. The molecule has 0 unspecified atom stereocenters. The number of carbonyl (C=O) groups excluding carboxylic acids is 1. The quantitative estimate of drug-likeness (QED) is 0.415. The topological polar surface area (TPSA) is 127 Å². The van der Waals surface area contributed by atoms with Crippen molar-refractivity contribution in [1.82, 2.24) is 39.9 Å². The van der Waals surface area contributed by atoms with Crippen molar-refractivity contribution in [1.29, 1.82) is 0 Å². The Labute approximate surface area is 188 Å². The molecule has 0 saturated carbocycles. The zero-order valence-electron chi connectivity index (χ0n) is 17.4. The van der Waals surface area contributed by atoms with Crippen LogP contribution in [0, 0.1) is 6.92 Å². The van der Waals surface area contributed by atoms with E-state index in [1.807, 2.05) is 6.07 Å². The summed E-state index contributed by atoms with van der Waals surface area (Å²) in [6.45, 7) is 1.61. The number of aromatic nitrogens is 8. The summed E-state index contributed by atoms with van der Waals surface area (Å²) in [5.74, 6) is -0.822. The van der Waals surface area contributed by atoms with Gasteiger partial charge in [0.2, 0.25) is 0 Å². The van der Waals surface area contributed by atoms with E-state index in [-0.39, 0.29) is 11.3 Å². The van der Waals surface area contributed by atoms with Crippen molar-refractivity contribution in [3.05, 3.63) is 72.3 Å². The zero-order valence-corrected chi connectivity index (χ0v) is 17.4. The molecule has 0 aromatic carbocycles. The summed E-state index contributed by atoms with van der Waals surface area (Å²) in [4.78, 5) is 33.2. The number of nitrogens with zero attached hydrogens (tertiary/aromatic N) is 7. The van der Waals surface area contributed by atoms with Crippen molar-refractivity contribution < 1.29 is 18.0 Å². The first-order chi connectivity index (χ1) is 16.3. The fraction of sp³-hybridized carbons (Fsp3) is 0.0952. The van der Waals surface area contributed by atoms with Gasteiger partial charge in [0.1, 0.15) is 5.56 Å². The second-order valence-corrected chi connectivity index (χ2v) is 7.18. The Morgan fingerprint density at radius 3 is 2.62 bits per heavy atom. The number of amides is 1. The Morgan fingerprint density at radius 1 is 1.09 bits per heavy atom. The number of halogens is 3. The van der Waals surface area contributed by atoms with Gasteiger partial charge in [-0.3, -0.25) is 9.78 Å². The van der Waals surface area contributed by atoms with Crippen LogP contribution in [0.25, 0.3) is 28.1 Å². The molecule has 0 fully saturated rings. The second kappa shape index (κ2) is 8.03. The maximum Gasteiger partial charge on any atom is 0.420 e. The Bertz CT molecular complexity index is 1510. The summed E-state index contributed by atoms with van der Waals surface area (Å²) < 4.78 is 40.8. The molecule has 0 saturated heterocycles. The minimum Gasteiger partial charge on any atom is -0.360 e. The number of pyridine rings is 2. The van der Waals surface area contributed by atoms with Gasteiger partial charge in [-0.1, -0.05) is 0 Å². The minimum atomic E-state index is -4.75. The molecule has 0 radical (unpaired) electrons.